The van der Waals surface area contributed by atoms with Crippen molar-refractivity contribution in [3.8, 4) is 5.75 Å². The van der Waals surface area contributed by atoms with Gasteiger partial charge in [0.25, 0.3) is 11.5 Å². The number of carbonyl (C=O) groups is 1. The van der Waals surface area contributed by atoms with Crippen LogP contribution in [0.4, 0.5) is 5.69 Å². The standard InChI is InChI=1S/C37H29ClN4O3S/c1-23-33(35(43)40-28-8-4-3-5-9-28)34(25-14-18-29(45-2)19-15-25)42-36(44)32(46-37(42)39-23)20-26-22-41(31-11-7-6-10-30(26)31)21-24-12-16-27(38)17-13-24/h3-20,22,34H,21H2,1-2H3,(H,40,43)/b32-20+/t34-/m1/s1. The molecule has 0 radical (unpaired) electrons. The van der Waals surface area contributed by atoms with Crippen molar-refractivity contribution in [3.05, 3.63) is 162 Å². The maximum atomic E-state index is 14.3. The second-order valence-electron chi connectivity index (χ2n) is 11.0. The summed E-state index contributed by atoms with van der Waals surface area (Å²) in [5, 5.41) is 4.73. The van der Waals surface area contributed by atoms with E-state index in [2.05, 4.69) is 28.2 Å². The number of aromatic nitrogens is 2. The van der Waals surface area contributed by atoms with Gasteiger partial charge in [-0.3, -0.25) is 14.2 Å². The first-order valence-electron chi connectivity index (χ1n) is 14.7. The molecular formula is C37H29ClN4O3S. The average molecular weight is 645 g/mol. The quantitative estimate of drug-likeness (QED) is 0.214. The lowest BCUT2D eigenvalue weighted by atomic mass is 9.95. The number of nitrogens with zero attached hydrogens (tertiary/aromatic N) is 3. The molecule has 46 heavy (non-hydrogen) atoms. The highest BCUT2D eigenvalue weighted by Gasteiger charge is 2.32. The SMILES string of the molecule is COc1ccc([C@@H]2C(C(=O)Nc3ccccc3)=C(C)N=c3s/c(=C/c4cn(Cc5ccc(Cl)cc5)c5ccccc45)c(=O)n32)cc1. The van der Waals surface area contributed by atoms with Gasteiger partial charge < -0.3 is 14.6 Å². The minimum absolute atomic E-state index is 0.211. The summed E-state index contributed by atoms with van der Waals surface area (Å²) in [6, 6.07) is 32.0. The monoisotopic (exact) mass is 644 g/mol. The van der Waals surface area contributed by atoms with Gasteiger partial charge >= 0.3 is 0 Å². The third-order valence-corrected chi connectivity index (χ3v) is 9.34. The third-order valence-electron chi connectivity index (χ3n) is 8.10. The molecule has 1 amide bonds. The number of halogens is 1. The minimum Gasteiger partial charge on any atom is -0.497 e. The molecule has 1 atom stereocenters. The Morgan fingerprint density at radius 3 is 2.43 bits per heavy atom. The molecule has 4 aromatic carbocycles. The Hall–Kier alpha value is -5.18. The number of hydrogen-bond acceptors (Lipinski definition) is 5. The van der Waals surface area contributed by atoms with Gasteiger partial charge in [-0.15, -0.1) is 0 Å². The highest BCUT2D eigenvalue weighted by atomic mass is 35.5. The molecule has 0 bridgehead atoms. The number of fused-ring (bicyclic) bond motifs is 2. The lowest BCUT2D eigenvalue weighted by Gasteiger charge is -2.25. The van der Waals surface area contributed by atoms with E-state index in [-0.39, 0.29) is 11.5 Å². The van der Waals surface area contributed by atoms with Crippen molar-refractivity contribution in [3.63, 3.8) is 0 Å². The number of thiazole rings is 1. The van der Waals surface area contributed by atoms with Crippen LogP contribution in [0, 0.1) is 0 Å². The summed E-state index contributed by atoms with van der Waals surface area (Å²) in [5.41, 5.74) is 5.30. The van der Waals surface area contributed by atoms with E-state index in [4.69, 9.17) is 21.3 Å². The zero-order valence-corrected chi connectivity index (χ0v) is 26.7. The van der Waals surface area contributed by atoms with Crippen molar-refractivity contribution in [2.45, 2.75) is 19.5 Å². The van der Waals surface area contributed by atoms with E-state index in [1.807, 2.05) is 104 Å². The van der Waals surface area contributed by atoms with Crippen LogP contribution in [0.1, 0.15) is 29.7 Å². The number of methoxy groups -OCH3 is 1. The maximum Gasteiger partial charge on any atom is 0.271 e. The largest absolute Gasteiger partial charge is 0.497 e. The van der Waals surface area contributed by atoms with E-state index < -0.39 is 6.04 Å². The molecule has 9 heteroatoms. The molecular weight excluding hydrogens is 616 g/mol. The lowest BCUT2D eigenvalue weighted by molar-refractivity contribution is -0.113. The Morgan fingerprint density at radius 2 is 1.70 bits per heavy atom. The van der Waals surface area contributed by atoms with Crippen molar-refractivity contribution >= 4 is 51.5 Å². The number of ether oxygens (including phenoxy) is 1. The van der Waals surface area contributed by atoms with Gasteiger partial charge in [0.2, 0.25) is 0 Å². The van der Waals surface area contributed by atoms with Crippen LogP contribution in [0.25, 0.3) is 17.0 Å². The highest BCUT2D eigenvalue weighted by molar-refractivity contribution is 7.07. The highest BCUT2D eigenvalue weighted by Crippen LogP contribution is 2.32. The molecule has 3 heterocycles. The van der Waals surface area contributed by atoms with E-state index in [0.717, 1.165) is 27.6 Å². The van der Waals surface area contributed by atoms with Crippen molar-refractivity contribution in [1.29, 1.82) is 0 Å². The predicted octanol–water partition coefficient (Wildman–Crippen LogP) is 6.54. The van der Waals surface area contributed by atoms with Crippen molar-refractivity contribution in [1.82, 2.24) is 9.13 Å². The van der Waals surface area contributed by atoms with E-state index in [1.165, 1.54) is 11.3 Å². The molecule has 1 aliphatic heterocycles. The van der Waals surface area contributed by atoms with Gasteiger partial charge in [-0.1, -0.05) is 83.6 Å². The van der Waals surface area contributed by atoms with Crippen LogP contribution in [0.2, 0.25) is 5.02 Å². The van der Waals surface area contributed by atoms with Gasteiger partial charge in [0.1, 0.15) is 5.75 Å². The molecule has 7 nitrogen and oxygen atoms in total. The molecule has 1 N–H and O–H groups in total. The first kappa shape index (κ1) is 29.5. The normalized spacial score (nSPS) is 14.7. The molecule has 0 spiro atoms. The van der Waals surface area contributed by atoms with Crippen LogP contribution in [0.15, 0.2) is 130 Å². The Bertz CT molecular complexity index is 2300. The average Bonchev–Trinajstić information content (AvgIpc) is 3.57. The number of allylic oxidation sites excluding steroid dienone is 1. The first-order chi connectivity index (χ1) is 22.4. The number of anilines is 1. The summed E-state index contributed by atoms with van der Waals surface area (Å²) in [4.78, 5) is 33.5. The summed E-state index contributed by atoms with van der Waals surface area (Å²) in [5.74, 6) is 0.370. The van der Waals surface area contributed by atoms with Crippen molar-refractivity contribution in [2.24, 2.45) is 4.99 Å². The van der Waals surface area contributed by atoms with Gasteiger partial charge in [-0.2, -0.15) is 0 Å². The van der Waals surface area contributed by atoms with Gasteiger partial charge in [0.15, 0.2) is 4.80 Å². The molecule has 2 aromatic heterocycles. The summed E-state index contributed by atoms with van der Waals surface area (Å²) >= 11 is 7.44. The van der Waals surface area contributed by atoms with Crippen LogP contribution < -0.4 is 24.9 Å². The Morgan fingerprint density at radius 1 is 0.978 bits per heavy atom. The van der Waals surface area contributed by atoms with Crippen molar-refractivity contribution in [2.75, 3.05) is 12.4 Å². The smallest absolute Gasteiger partial charge is 0.271 e. The number of benzene rings is 4. The van der Waals surface area contributed by atoms with Gasteiger partial charge in [-0.05, 0) is 66.6 Å². The van der Waals surface area contributed by atoms with E-state index in [0.29, 0.717) is 43.6 Å². The lowest BCUT2D eigenvalue weighted by Crippen LogP contribution is -2.40. The zero-order valence-electron chi connectivity index (χ0n) is 25.1. The number of hydrogen-bond donors (Lipinski definition) is 1. The topological polar surface area (TPSA) is 77.6 Å². The fourth-order valence-corrected chi connectivity index (χ4v) is 7.05. The van der Waals surface area contributed by atoms with E-state index in [9.17, 15) is 9.59 Å². The number of carbonyl (C=O) groups excluding carboxylic acids is 1. The summed E-state index contributed by atoms with van der Waals surface area (Å²) in [6.07, 6.45) is 4.00. The summed E-state index contributed by atoms with van der Waals surface area (Å²) in [6.45, 7) is 2.47. The summed E-state index contributed by atoms with van der Waals surface area (Å²) < 4.78 is 9.73. The predicted molar refractivity (Wildman–Crippen MR) is 184 cm³/mol. The number of para-hydroxylation sites is 2. The fourth-order valence-electron chi connectivity index (χ4n) is 5.88. The van der Waals surface area contributed by atoms with Crippen LogP contribution in [-0.2, 0) is 11.3 Å². The summed E-state index contributed by atoms with van der Waals surface area (Å²) in [7, 11) is 1.60. The molecule has 0 aliphatic carbocycles. The molecule has 228 valence electrons. The second-order valence-corrected chi connectivity index (χ2v) is 12.5. The van der Waals surface area contributed by atoms with Crippen LogP contribution in [-0.4, -0.2) is 22.2 Å². The van der Waals surface area contributed by atoms with Gasteiger partial charge in [-0.25, -0.2) is 4.99 Å². The van der Waals surface area contributed by atoms with Gasteiger partial charge in [0, 0.05) is 39.9 Å². The number of amides is 1. The zero-order chi connectivity index (χ0) is 31.8. The molecule has 0 fully saturated rings. The Labute approximate surface area is 274 Å². The molecule has 0 saturated carbocycles. The number of rotatable bonds is 7. The maximum absolute atomic E-state index is 14.3. The second kappa shape index (κ2) is 12.3. The third kappa shape index (κ3) is 5.57. The van der Waals surface area contributed by atoms with Gasteiger partial charge in [0.05, 0.1) is 29.0 Å². The van der Waals surface area contributed by atoms with Crippen LogP contribution in [0.3, 0.4) is 0 Å². The molecule has 6 aromatic rings. The molecule has 0 unspecified atom stereocenters. The minimum atomic E-state index is -0.681. The Balaban J connectivity index is 1.35. The molecule has 1 aliphatic rings. The molecule has 7 rings (SSSR count). The molecule has 0 saturated heterocycles. The number of nitrogens with one attached hydrogen (secondary N) is 1. The van der Waals surface area contributed by atoms with Crippen LogP contribution in [0.5, 0.6) is 5.75 Å². The van der Waals surface area contributed by atoms with E-state index >= 15 is 0 Å². The van der Waals surface area contributed by atoms with Crippen molar-refractivity contribution < 1.29 is 9.53 Å². The Kier molecular flexibility index (Phi) is 7.90. The van der Waals surface area contributed by atoms with Crippen LogP contribution >= 0.6 is 22.9 Å². The van der Waals surface area contributed by atoms with E-state index in [1.54, 1.807) is 11.7 Å². The first-order valence-corrected chi connectivity index (χ1v) is 15.9. The fraction of sp³-hybridized carbons (Fsp3) is 0.108.